The number of aliphatic hydroxyl groups is 1. The number of rotatable bonds is 4. The SMILES string of the molecule is OCC[C@@H](c1cc(C(F)(F)F)ccc1F)N1CCNCC1. The van der Waals surface area contributed by atoms with Crippen LogP contribution in [0, 0.1) is 5.82 Å². The van der Waals surface area contributed by atoms with Gasteiger partial charge >= 0.3 is 6.18 Å². The van der Waals surface area contributed by atoms with Gasteiger partial charge in [0.25, 0.3) is 0 Å². The molecule has 0 bridgehead atoms. The first kappa shape index (κ1) is 16.2. The molecule has 2 N–H and O–H groups in total. The van der Waals surface area contributed by atoms with Gasteiger partial charge in [0.05, 0.1) is 5.56 Å². The number of hydrogen-bond acceptors (Lipinski definition) is 3. The van der Waals surface area contributed by atoms with Crippen molar-refractivity contribution in [3.05, 3.63) is 35.1 Å². The fourth-order valence-electron chi connectivity index (χ4n) is 2.63. The molecule has 0 unspecified atom stereocenters. The first-order valence-electron chi connectivity index (χ1n) is 6.85. The van der Waals surface area contributed by atoms with E-state index in [0.29, 0.717) is 26.2 Å². The minimum atomic E-state index is -4.50. The first-order valence-corrected chi connectivity index (χ1v) is 6.85. The van der Waals surface area contributed by atoms with E-state index in [9.17, 15) is 17.6 Å². The minimum Gasteiger partial charge on any atom is -0.396 e. The van der Waals surface area contributed by atoms with Crippen LogP contribution in [0.2, 0.25) is 0 Å². The normalized spacial score (nSPS) is 18.7. The molecule has 21 heavy (non-hydrogen) atoms. The van der Waals surface area contributed by atoms with E-state index < -0.39 is 23.6 Å². The molecule has 1 atom stereocenters. The minimum absolute atomic E-state index is 0.000718. The van der Waals surface area contributed by atoms with Gasteiger partial charge in [-0.15, -0.1) is 0 Å². The lowest BCUT2D eigenvalue weighted by Gasteiger charge is -2.35. The molecule has 118 valence electrons. The van der Waals surface area contributed by atoms with Crippen LogP contribution in [0.4, 0.5) is 17.6 Å². The van der Waals surface area contributed by atoms with Crippen molar-refractivity contribution in [3.63, 3.8) is 0 Å². The van der Waals surface area contributed by atoms with Gasteiger partial charge in [0.2, 0.25) is 0 Å². The quantitative estimate of drug-likeness (QED) is 0.837. The van der Waals surface area contributed by atoms with Gasteiger partial charge in [-0.2, -0.15) is 13.2 Å². The van der Waals surface area contributed by atoms with Gasteiger partial charge in [-0.3, -0.25) is 4.90 Å². The van der Waals surface area contributed by atoms with E-state index in [1.54, 1.807) is 0 Å². The molecule has 7 heteroatoms. The molecule has 1 fully saturated rings. The van der Waals surface area contributed by atoms with E-state index >= 15 is 0 Å². The number of nitrogens with zero attached hydrogens (tertiary/aromatic N) is 1. The number of halogens is 4. The Bertz CT molecular complexity index is 473. The Morgan fingerprint density at radius 1 is 1.24 bits per heavy atom. The van der Waals surface area contributed by atoms with Gasteiger partial charge in [0.15, 0.2) is 0 Å². The summed E-state index contributed by atoms with van der Waals surface area (Å²) in [6.45, 7) is 2.41. The van der Waals surface area contributed by atoms with Crippen LogP contribution < -0.4 is 5.32 Å². The molecule has 1 aromatic rings. The highest BCUT2D eigenvalue weighted by molar-refractivity contribution is 5.29. The van der Waals surface area contributed by atoms with Crippen molar-refractivity contribution in [2.75, 3.05) is 32.8 Å². The van der Waals surface area contributed by atoms with Gasteiger partial charge in [-0.1, -0.05) is 0 Å². The molecule has 0 saturated carbocycles. The molecule has 0 spiro atoms. The largest absolute Gasteiger partial charge is 0.416 e. The molecule has 0 aliphatic carbocycles. The molecule has 1 aliphatic rings. The van der Waals surface area contributed by atoms with Crippen LogP contribution in [0.5, 0.6) is 0 Å². The Balaban J connectivity index is 2.34. The number of aliphatic hydroxyl groups excluding tert-OH is 1. The second-order valence-corrected chi connectivity index (χ2v) is 5.05. The predicted molar refractivity (Wildman–Crippen MR) is 70.3 cm³/mol. The van der Waals surface area contributed by atoms with Crippen molar-refractivity contribution in [3.8, 4) is 0 Å². The number of piperazine rings is 1. The van der Waals surface area contributed by atoms with Crippen LogP contribution in [0.3, 0.4) is 0 Å². The zero-order chi connectivity index (χ0) is 15.5. The summed E-state index contributed by atoms with van der Waals surface area (Å²) in [5.41, 5.74) is -0.863. The van der Waals surface area contributed by atoms with Crippen molar-refractivity contribution >= 4 is 0 Å². The third kappa shape index (κ3) is 3.93. The van der Waals surface area contributed by atoms with Crippen molar-refractivity contribution in [2.45, 2.75) is 18.6 Å². The number of alkyl halides is 3. The van der Waals surface area contributed by atoms with E-state index in [1.807, 2.05) is 4.90 Å². The summed E-state index contributed by atoms with van der Waals surface area (Å²) in [5.74, 6) is -0.667. The predicted octanol–water partition coefficient (Wildman–Crippen LogP) is 2.17. The summed E-state index contributed by atoms with van der Waals surface area (Å²) in [6, 6.07) is 1.91. The number of benzene rings is 1. The lowest BCUT2D eigenvalue weighted by Crippen LogP contribution is -2.45. The fourth-order valence-corrected chi connectivity index (χ4v) is 2.63. The van der Waals surface area contributed by atoms with E-state index in [4.69, 9.17) is 5.11 Å². The third-order valence-corrected chi connectivity index (χ3v) is 3.68. The Kier molecular flexibility index (Phi) is 5.18. The maximum Gasteiger partial charge on any atom is 0.416 e. The van der Waals surface area contributed by atoms with Crippen molar-refractivity contribution in [1.82, 2.24) is 10.2 Å². The standard InChI is InChI=1S/C14H18F4N2O/c15-12-2-1-10(14(16,17)18)9-11(12)13(3-8-21)20-6-4-19-5-7-20/h1-2,9,13,19,21H,3-8H2/t13-/m0/s1. The Hall–Kier alpha value is -1.18. The van der Waals surface area contributed by atoms with Crippen molar-refractivity contribution < 1.29 is 22.7 Å². The average molecular weight is 306 g/mol. The molecule has 0 radical (unpaired) electrons. The number of hydrogen-bond donors (Lipinski definition) is 2. The Morgan fingerprint density at radius 3 is 2.48 bits per heavy atom. The Morgan fingerprint density at radius 2 is 1.90 bits per heavy atom. The first-order chi connectivity index (χ1) is 9.93. The summed E-state index contributed by atoms with van der Waals surface area (Å²) in [4.78, 5) is 1.91. The molecular formula is C14H18F4N2O. The van der Waals surface area contributed by atoms with Crippen LogP contribution in [0.1, 0.15) is 23.6 Å². The molecule has 1 aliphatic heterocycles. The maximum absolute atomic E-state index is 14.0. The molecule has 2 rings (SSSR count). The average Bonchev–Trinajstić information content (AvgIpc) is 2.45. The van der Waals surface area contributed by atoms with Gasteiger partial charge in [0, 0.05) is 44.4 Å². The van der Waals surface area contributed by atoms with Gasteiger partial charge in [-0.05, 0) is 24.6 Å². The molecule has 3 nitrogen and oxygen atoms in total. The van der Waals surface area contributed by atoms with E-state index in [2.05, 4.69) is 5.32 Å². The zero-order valence-electron chi connectivity index (χ0n) is 11.5. The lowest BCUT2D eigenvalue weighted by atomic mass is 9.98. The second kappa shape index (κ2) is 6.72. The highest BCUT2D eigenvalue weighted by atomic mass is 19.4. The molecular weight excluding hydrogens is 288 g/mol. The summed E-state index contributed by atoms with van der Waals surface area (Å²) in [6.07, 6.45) is -4.30. The summed E-state index contributed by atoms with van der Waals surface area (Å²) >= 11 is 0. The van der Waals surface area contributed by atoms with Crippen molar-refractivity contribution in [1.29, 1.82) is 0 Å². The maximum atomic E-state index is 14.0. The van der Waals surface area contributed by atoms with E-state index in [1.165, 1.54) is 0 Å². The number of nitrogens with one attached hydrogen (secondary N) is 1. The van der Waals surface area contributed by atoms with Crippen molar-refractivity contribution in [2.24, 2.45) is 0 Å². The summed E-state index contributed by atoms with van der Waals surface area (Å²) in [5, 5.41) is 12.3. The smallest absolute Gasteiger partial charge is 0.396 e. The zero-order valence-corrected chi connectivity index (χ0v) is 11.5. The van der Waals surface area contributed by atoms with Crippen LogP contribution in [0.15, 0.2) is 18.2 Å². The molecule has 1 saturated heterocycles. The highest BCUT2D eigenvalue weighted by Gasteiger charge is 2.33. The topological polar surface area (TPSA) is 35.5 Å². The second-order valence-electron chi connectivity index (χ2n) is 5.05. The van der Waals surface area contributed by atoms with Gasteiger partial charge in [-0.25, -0.2) is 4.39 Å². The monoisotopic (exact) mass is 306 g/mol. The van der Waals surface area contributed by atoms with E-state index in [0.717, 1.165) is 18.2 Å². The van der Waals surface area contributed by atoms with Gasteiger partial charge < -0.3 is 10.4 Å². The summed E-state index contributed by atoms with van der Waals surface area (Å²) < 4.78 is 52.4. The fraction of sp³-hybridized carbons (Fsp3) is 0.571. The van der Waals surface area contributed by atoms with Crippen LogP contribution in [-0.2, 0) is 6.18 Å². The lowest BCUT2D eigenvalue weighted by molar-refractivity contribution is -0.137. The van der Waals surface area contributed by atoms with Gasteiger partial charge in [0.1, 0.15) is 5.82 Å². The van der Waals surface area contributed by atoms with Crippen LogP contribution >= 0.6 is 0 Å². The molecule has 1 heterocycles. The molecule has 0 amide bonds. The van der Waals surface area contributed by atoms with E-state index in [-0.39, 0.29) is 18.6 Å². The summed E-state index contributed by atoms with van der Waals surface area (Å²) in [7, 11) is 0. The van der Waals surface area contributed by atoms with Crippen LogP contribution in [-0.4, -0.2) is 42.8 Å². The molecule has 0 aromatic heterocycles. The highest BCUT2D eigenvalue weighted by Crippen LogP contribution is 2.34. The molecule has 1 aromatic carbocycles. The third-order valence-electron chi connectivity index (χ3n) is 3.68. The van der Waals surface area contributed by atoms with Crippen LogP contribution in [0.25, 0.3) is 0 Å². The Labute approximate surface area is 120 Å².